The number of amides is 1. The van der Waals surface area contributed by atoms with E-state index in [0.29, 0.717) is 36.0 Å². The van der Waals surface area contributed by atoms with E-state index >= 15 is 0 Å². The lowest BCUT2D eigenvalue weighted by Gasteiger charge is -2.06. The number of aromatic nitrogens is 2. The second-order valence-electron chi connectivity index (χ2n) is 5.54. The van der Waals surface area contributed by atoms with Gasteiger partial charge in [-0.15, -0.1) is 0 Å². The minimum atomic E-state index is -0.304. The Hall–Kier alpha value is -2.86. The maximum Gasteiger partial charge on any atom is 0.271 e. The van der Waals surface area contributed by atoms with E-state index in [0.717, 1.165) is 5.69 Å². The number of hydrogen-bond donors (Lipinski definition) is 1. The third kappa shape index (κ3) is 4.83. The third-order valence-corrected chi connectivity index (χ3v) is 3.82. The van der Waals surface area contributed by atoms with E-state index in [-0.39, 0.29) is 11.7 Å². The van der Waals surface area contributed by atoms with Gasteiger partial charge in [-0.05, 0) is 55.0 Å². The number of nitrogens with zero attached hydrogens (tertiary/aromatic N) is 2. The van der Waals surface area contributed by atoms with Gasteiger partial charge in [-0.1, -0.05) is 17.7 Å². The average molecular weight is 374 g/mol. The van der Waals surface area contributed by atoms with Crippen LogP contribution in [-0.4, -0.2) is 28.8 Å². The Morgan fingerprint density at radius 3 is 2.77 bits per heavy atom. The molecule has 134 valence electrons. The van der Waals surface area contributed by atoms with Gasteiger partial charge >= 0.3 is 0 Å². The summed E-state index contributed by atoms with van der Waals surface area (Å²) in [5.74, 6) is 0.0346. The first-order valence-corrected chi connectivity index (χ1v) is 8.48. The summed E-state index contributed by atoms with van der Waals surface area (Å²) in [5.41, 5.74) is 1.11. The molecule has 0 saturated heterocycles. The first-order chi connectivity index (χ1) is 12.6. The summed E-state index contributed by atoms with van der Waals surface area (Å²) in [6.45, 7) is 0.868. The lowest BCUT2D eigenvalue weighted by molar-refractivity contribution is 0.0946. The van der Waals surface area contributed by atoms with Gasteiger partial charge in [-0.3, -0.25) is 4.79 Å². The summed E-state index contributed by atoms with van der Waals surface area (Å²) >= 11 is 5.96. The first-order valence-electron chi connectivity index (χ1n) is 8.10. The fourth-order valence-electron chi connectivity index (χ4n) is 2.29. The largest absolute Gasteiger partial charge is 0.494 e. The summed E-state index contributed by atoms with van der Waals surface area (Å²) in [5, 5.41) is 7.65. The van der Waals surface area contributed by atoms with Gasteiger partial charge in [0.2, 0.25) is 0 Å². The molecule has 5 nitrogen and oxygen atoms in total. The SMILES string of the molecule is O=C(NCCCOc1ccc(F)cc1)c1ccn(-c2cccc(Cl)c2)n1. The Morgan fingerprint density at radius 2 is 2.00 bits per heavy atom. The Kier molecular flexibility index (Phi) is 5.86. The van der Waals surface area contributed by atoms with Crippen LogP contribution in [0.2, 0.25) is 5.02 Å². The van der Waals surface area contributed by atoms with Crippen molar-refractivity contribution < 1.29 is 13.9 Å². The zero-order valence-electron chi connectivity index (χ0n) is 13.9. The van der Waals surface area contributed by atoms with E-state index in [2.05, 4.69) is 10.4 Å². The van der Waals surface area contributed by atoms with Crippen LogP contribution < -0.4 is 10.1 Å². The third-order valence-electron chi connectivity index (χ3n) is 3.58. The highest BCUT2D eigenvalue weighted by Gasteiger charge is 2.09. The van der Waals surface area contributed by atoms with Crippen LogP contribution in [0.4, 0.5) is 4.39 Å². The van der Waals surface area contributed by atoms with Crippen LogP contribution in [0.3, 0.4) is 0 Å². The number of rotatable bonds is 7. The first kappa shape index (κ1) is 17.9. The van der Waals surface area contributed by atoms with E-state index in [4.69, 9.17) is 16.3 Å². The highest BCUT2D eigenvalue weighted by molar-refractivity contribution is 6.30. The summed E-state index contributed by atoms with van der Waals surface area (Å²) in [6.07, 6.45) is 2.33. The van der Waals surface area contributed by atoms with Gasteiger partial charge in [0.15, 0.2) is 5.69 Å². The van der Waals surface area contributed by atoms with Crippen molar-refractivity contribution in [2.24, 2.45) is 0 Å². The van der Waals surface area contributed by atoms with Crippen LogP contribution in [0.5, 0.6) is 5.75 Å². The number of nitrogens with one attached hydrogen (secondary N) is 1. The molecule has 0 unspecified atom stereocenters. The molecule has 0 spiro atoms. The molecule has 1 aromatic heterocycles. The maximum atomic E-state index is 12.8. The summed E-state index contributed by atoms with van der Waals surface area (Å²) in [4.78, 5) is 12.1. The van der Waals surface area contributed by atoms with Crippen LogP contribution in [0.25, 0.3) is 5.69 Å². The number of carbonyl (C=O) groups is 1. The molecule has 0 aliphatic carbocycles. The lowest BCUT2D eigenvalue weighted by atomic mass is 10.3. The number of carbonyl (C=O) groups excluding carboxylic acids is 1. The predicted octanol–water partition coefficient (Wildman–Crippen LogP) is 3.86. The van der Waals surface area contributed by atoms with Crippen molar-refractivity contribution in [1.29, 1.82) is 0 Å². The van der Waals surface area contributed by atoms with Gasteiger partial charge in [0, 0.05) is 17.8 Å². The second kappa shape index (κ2) is 8.49. The molecule has 3 rings (SSSR count). The van der Waals surface area contributed by atoms with Crippen LogP contribution in [0.15, 0.2) is 60.8 Å². The highest BCUT2D eigenvalue weighted by atomic mass is 35.5. The van der Waals surface area contributed by atoms with E-state index in [9.17, 15) is 9.18 Å². The van der Waals surface area contributed by atoms with Crippen molar-refractivity contribution in [3.63, 3.8) is 0 Å². The zero-order valence-corrected chi connectivity index (χ0v) is 14.6. The van der Waals surface area contributed by atoms with Crippen molar-refractivity contribution in [3.05, 3.63) is 77.3 Å². The summed E-state index contributed by atoms with van der Waals surface area (Å²) in [6, 6.07) is 14.7. The molecule has 0 saturated carbocycles. The highest BCUT2D eigenvalue weighted by Crippen LogP contribution is 2.14. The van der Waals surface area contributed by atoms with Gasteiger partial charge in [0.05, 0.1) is 12.3 Å². The average Bonchev–Trinajstić information content (AvgIpc) is 3.13. The molecule has 1 amide bonds. The van der Waals surface area contributed by atoms with Gasteiger partial charge in [-0.2, -0.15) is 5.10 Å². The fourth-order valence-corrected chi connectivity index (χ4v) is 2.48. The topological polar surface area (TPSA) is 56.1 Å². The van der Waals surface area contributed by atoms with Crippen LogP contribution in [0.1, 0.15) is 16.9 Å². The lowest BCUT2D eigenvalue weighted by Crippen LogP contribution is -2.26. The number of halogens is 2. The molecular formula is C19H17ClFN3O2. The maximum absolute atomic E-state index is 12.8. The van der Waals surface area contributed by atoms with Gasteiger partial charge in [0.25, 0.3) is 5.91 Å². The van der Waals surface area contributed by atoms with Crippen molar-refractivity contribution >= 4 is 17.5 Å². The Labute approximate surface area is 155 Å². The van der Waals surface area contributed by atoms with Gasteiger partial charge < -0.3 is 10.1 Å². The normalized spacial score (nSPS) is 10.5. The molecule has 1 N–H and O–H groups in total. The molecule has 0 radical (unpaired) electrons. The summed E-state index contributed by atoms with van der Waals surface area (Å²) < 4.78 is 19.9. The quantitative estimate of drug-likeness (QED) is 0.640. The molecule has 0 aliphatic rings. The van der Waals surface area contributed by atoms with Crippen molar-refractivity contribution in [3.8, 4) is 11.4 Å². The molecular weight excluding hydrogens is 357 g/mol. The monoisotopic (exact) mass is 373 g/mol. The second-order valence-corrected chi connectivity index (χ2v) is 5.97. The molecule has 0 atom stereocenters. The predicted molar refractivity (Wildman–Crippen MR) is 97.4 cm³/mol. The molecule has 7 heteroatoms. The van der Waals surface area contributed by atoms with Gasteiger partial charge in [-0.25, -0.2) is 9.07 Å². The van der Waals surface area contributed by atoms with Gasteiger partial charge in [0.1, 0.15) is 11.6 Å². The van der Waals surface area contributed by atoms with E-state index in [1.165, 1.54) is 12.1 Å². The van der Waals surface area contributed by atoms with E-state index in [1.54, 1.807) is 41.2 Å². The van der Waals surface area contributed by atoms with Crippen LogP contribution >= 0.6 is 11.6 Å². The standard InChI is InChI=1S/C19H17ClFN3O2/c20-14-3-1-4-16(13-14)24-11-9-18(23-24)19(25)22-10-2-12-26-17-7-5-15(21)6-8-17/h1,3-9,11,13H,2,10,12H2,(H,22,25). The van der Waals surface area contributed by atoms with Crippen molar-refractivity contribution in [1.82, 2.24) is 15.1 Å². The molecule has 0 fully saturated rings. The molecule has 1 heterocycles. The van der Waals surface area contributed by atoms with Crippen LogP contribution in [-0.2, 0) is 0 Å². The van der Waals surface area contributed by atoms with E-state index in [1.807, 2.05) is 12.1 Å². The zero-order chi connectivity index (χ0) is 18.4. The molecule has 2 aromatic carbocycles. The molecule has 0 bridgehead atoms. The molecule has 3 aromatic rings. The Balaban J connectivity index is 1.44. The van der Waals surface area contributed by atoms with E-state index < -0.39 is 0 Å². The Bertz CT molecular complexity index is 881. The summed E-state index contributed by atoms with van der Waals surface area (Å²) in [7, 11) is 0. The molecule has 0 aliphatic heterocycles. The minimum absolute atomic E-state index is 0.257. The number of hydrogen-bond acceptors (Lipinski definition) is 3. The van der Waals surface area contributed by atoms with Crippen molar-refractivity contribution in [2.45, 2.75) is 6.42 Å². The number of benzene rings is 2. The smallest absolute Gasteiger partial charge is 0.271 e. The van der Waals surface area contributed by atoms with Crippen molar-refractivity contribution in [2.75, 3.05) is 13.2 Å². The number of ether oxygens (including phenoxy) is 1. The fraction of sp³-hybridized carbons (Fsp3) is 0.158. The molecule has 26 heavy (non-hydrogen) atoms. The Morgan fingerprint density at radius 1 is 1.19 bits per heavy atom. The van der Waals surface area contributed by atoms with Crippen LogP contribution in [0, 0.1) is 5.82 Å². The minimum Gasteiger partial charge on any atom is -0.494 e.